The molecule has 0 spiro atoms. The predicted octanol–water partition coefficient (Wildman–Crippen LogP) is 3.06. The van der Waals surface area contributed by atoms with Gasteiger partial charge in [0.25, 0.3) is 0 Å². The maximum Gasteiger partial charge on any atom is 0.182 e. The fourth-order valence-electron chi connectivity index (χ4n) is 3.17. The number of hydrogen-bond acceptors (Lipinski definition) is 3. The van der Waals surface area contributed by atoms with Crippen LogP contribution in [0.25, 0.3) is 10.9 Å². The van der Waals surface area contributed by atoms with E-state index in [0.29, 0.717) is 0 Å². The van der Waals surface area contributed by atoms with E-state index in [0.717, 1.165) is 55.1 Å². The standard InChI is InChI=1S/C16H21N3O/c1-2-3-7-16(8-4-9-17-16)15(20)12-5-6-14-13(10-12)11-18-19-14/h5-6,10-11,17H,2-4,7-9H2,1H3,(H,18,19). The monoisotopic (exact) mass is 271 g/mol. The Morgan fingerprint density at radius 1 is 1.45 bits per heavy atom. The molecule has 0 amide bonds. The molecule has 2 heterocycles. The van der Waals surface area contributed by atoms with Crippen molar-refractivity contribution in [2.45, 2.75) is 44.6 Å². The first-order valence-electron chi connectivity index (χ1n) is 7.48. The van der Waals surface area contributed by atoms with Crippen LogP contribution in [0.4, 0.5) is 0 Å². The maximum absolute atomic E-state index is 12.9. The third-order valence-corrected chi connectivity index (χ3v) is 4.34. The number of rotatable bonds is 5. The molecule has 1 atom stereocenters. The number of Topliss-reactive ketones (excluding diaryl/α,β-unsaturated/α-hetero) is 1. The Balaban J connectivity index is 1.92. The fourth-order valence-corrected chi connectivity index (χ4v) is 3.17. The number of unbranched alkanes of at least 4 members (excludes halogenated alkanes) is 1. The highest BCUT2D eigenvalue weighted by Gasteiger charge is 2.40. The highest BCUT2D eigenvalue weighted by molar-refractivity contribution is 6.05. The van der Waals surface area contributed by atoms with Gasteiger partial charge in [-0.2, -0.15) is 5.10 Å². The van der Waals surface area contributed by atoms with Crippen LogP contribution in [0.3, 0.4) is 0 Å². The lowest BCUT2D eigenvalue weighted by Gasteiger charge is -2.28. The highest BCUT2D eigenvalue weighted by Crippen LogP contribution is 2.30. The van der Waals surface area contributed by atoms with E-state index >= 15 is 0 Å². The van der Waals surface area contributed by atoms with Crippen molar-refractivity contribution in [1.29, 1.82) is 0 Å². The largest absolute Gasteiger partial charge is 0.305 e. The van der Waals surface area contributed by atoms with Crippen LogP contribution in [0.1, 0.15) is 49.4 Å². The molecule has 1 aromatic carbocycles. The van der Waals surface area contributed by atoms with Gasteiger partial charge in [0.2, 0.25) is 0 Å². The molecular weight excluding hydrogens is 250 g/mol. The SMILES string of the molecule is CCCCC1(C(=O)c2ccc3[nH]ncc3c2)CCCN1. The number of aromatic amines is 1. The summed E-state index contributed by atoms with van der Waals surface area (Å²) < 4.78 is 0. The van der Waals surface area contributed by atoms with Crippen LogP contribution in [0, 0.1) is 0 Å². The van der Waals surface area contributed by atoms with E-state index in [1.807, 2.05) is 18.2 Å². The number of carbonyl (C=O) groups is 1. The van der Waals surface area contributed by atoms with Crippen molar-refractivity contribution >= 4 is 16.7 Å². The van der Waals surface area contributed by atoms with Crippen molar-refractivity contribution in [1.82, 2.24) is 15.5 Å². The van der Waals surface area contributed by atoms with E-state index in [1.165, 1.54) is 0 Å². The molecule has 2 aromatic rings. The number of nitrogens with zero attached hydrogens (tertiary/aromatic N) is 1. The van der Waals surface area contributed by atoms with E-state index in [4.69, 9.17) is 0 Å². The van der Waals surface area contributed by atoms with Gasteiger partial charge in [-0.25, -0.2) is 0 Å². The Morgan fingerprint density at radius 2 is 2.35 bits per heavy atom. The lowest BCUT2D eigenvalue weighted by Crippen LogP contribution is -2.47. The first-order chi connectivity index (χ1) is 9.75. The van der Waals surface area contributed by atoms with Gasteiger partial charge in [0.15, 0.2) is 5.78 Å². The number of aromatic nitrogens is 2. The quantitative estimate of drug-likeness (QED) is 0.822. The lowest BCUT2D eigenvalue weighted by atomic mass is 9.83. The zero-order chi connectivity index (χ0) is 14.0. The first kappa shape index (κ1) is 13.3. The first-order valence-corrected chi connectivity index (χ1v) is 7.48. The number of ketones is 1. The smallest absolute Gasteiger partial charge is 0.182 e. The topological polar surface area (TPSA) is 57.8 Å². The average molecular weight is 271 g/mol. The number of carbonyl (C=O) groups excluding carboxylic acids is 1. The third kappa shape index (κ3) is 2.24. The summed E-state index contributed by atoms with van der Waals surface area (Å²) in [5, 5.41) is 11.4. The second-order valence-electron chi connectivity index (χ2n) is 5.72. The summed E-state index contributed by atoms with van der Waals surface area (Å²) in [6.45, 7) is 3.12. The molecule has 0 bridgehead atoms. The second-order valence-corrected chi connectivity index (χ2v) is 5.72. The zero-order valence-corrected chi connectivity index (χ0v) is 11.9. The Bertz CT molecular complexity index is 611. The summed E-state index contributed by atoms with van der Waals surface area (Å²) in [7, 11) is 0. The van der Waals surface area contributed by atoms with Crippen molar-refractivity contribution in [2.75, 3.05) is 6.54 Å². The molecule has 1 aliphatic heterocycles. The summed E-state index contributed by atoms with van der Waals surface area (Å²) in [4.78, 5) is 12.9. The summed E-state index contributed by atoms with van der Waals surface area (Å²) in [6, 6.07) is 5.81. The van der Waals surface area contributed by atoms with E-state index in [-0.39, 0.29) is 11.3 Å². The number of H-pyrrole nitrogens is 1. The minimum atomic E-state index is -0.340. The Hall–Kier alpha value is -1.68. The van der Waals surface area contributed by atoms with Crippen LogP contribution < -0.4 is 5.32 Å². The Kier molecular flexibility index (Phi) is 3.57. The minimum Gasteiger partial charge on any atom is -0.305 e. The van der Waals surface area contributed by atoms with Crippen LogP contribution in [-0.2, 0) is 0 Å². The van der Waals surface area contributed by atoms with Crippen molar-refractivity contribution in [3.05, 3.63) is 30.0 Å². The average Bonchev–Trinajstić information content (AvgIpc) is 3.13. The molecule has 2 N–H and O–H groups in total. The number of fused-ring (bicyclic) bond motifs is 1. The van der Waals surface area contributed by atoms with Gasteiger partial charge in [0.1, 0.15) is 0 Å². The number of nitrogens with one attached hydrogen (secondary N) is 2. The number of hydrogen-bond donors (Lipinski definition) is 2. The third-order valence-electron chi connectivity index (χ3n) is 4.34. The molecule has 0 aliphatic carbocycles. The molecule has 106 valence electrons. The van der Waals surface area contributed by atoms with Crippen molar-refractivity contribution in [3.63, 3.8) is 0 Å². The highest BCUT2D eigenvalue weighted by atomic mass is 16.1. The zero-order valence-electron chi connectivity index (χ0n) is 11.9. The summed E-state index contributed by atoms with van der Waals surface area (Å²) >= 11 is 0. The molecule has 1 saturated heterocycles. The van der Waals surface area contributed by atoms with Gasteiger partial charge in [-0.3, -0.25) is 9.89 Å². The molecule has 4 heteroatoms. The molecule has 0 saturated carbocycles. The van der Waals surface area contributed by atoms with E-state index < -0.39 is 0 Å². The van der Waals surface area contributed by atoms with E-state index in [2.05, 4.69) is 22.4 Å². The van der Waals surface area contributed by atoms with Crippen molar-refractivity contribution in [2.24, 2.45) is 0 Å². The van der Waals surface area contributed by atoms with Crippen LogP contribution in [0.2, 0.25) is 0 Å². The summed E-state index contributed by atoms with van der Waals surface area (Å²) in [6.07, 6.45) is 6.96. The Morgan fingerprint density at radius 3 is 3.10 bits per heavy atom. The van der Waals surface area contributed by atoms with Crippen LogP contribution >= 0.6 is 0 Å². The molecule has 1 unspecified atom stereocenters. The van der Waals surface area contributed by atoms with Crippen LogP contribution in [0.5, 0.6) is 0 Å². The van der Waals surface area contributed by atoms with Gasteiger partial charge in [-0.05, 0) is 44.0 Å². The van der Waals surface area contributed by atoms with E-state index in [9.17, 15) is 4.79 Å². The van der Waals surface area contributed by atoms with Gasteiger partial charge in [-0.15, -0.1) is 0 Å². The molecule has 1 aliphatic rings. The predicted molar refractivity (Wildman–Crippen MR) is 79.9 cm³/mol. The van der Waals surface area contributed by atoms with Gasteiger partial charge < -0.3 is 5.32 Å². The summed E-state index contributed by atoms with van der Waals surface area (Å²) in [5.41, 5.74) is 1.43. The molecule has 1 fully saturated rings. The molecule has 4 nitrogen and oxygen atoms in total. The van der Waals surface area contributed by atoms with Gasteiger partial charge in [-0.1, -0.05) is 19.8 Å². The maximum atomic E-state index is 12.9. The van der Waals surface area contributed by atoms with Crippen molar-refractivity contribution < 1.29 is 4.79 Å². The number of benzene rings is 1. The molecule has 20 heavy (non-hydrogen) atoms. The molecule has 1 aromatic heterocycles. The van der Waals surface area contributed by atoms with Crippen molar-refractivity contribution in [3.8, 4) is 0 Å². The molecule has 3 rings (SSSR count). The minimum absolute atomic E-state index is 0.242. The van der Waals surface area contributed by atoms with Gasteiger partial charge in [0, 0.05) is 10.9 Å². The van der Waals surface area contributed by atoms with Gasteiger partial charge in [0.05, 0.1) is 17.3 Å². The molecular formula is C16H21N3O. The van der Waals surface area contributed by atoms with Crippen LogP contribution in [-0.4, -0.2) is 28.1 Å². The normalized spacial score (nSPS) is 22.4. The fraction of sp³-hybridized carbons (Fsp3) is 0.500. The second kappa shape index (κ2) is 5.37. The Labute approximate surface area is 119 Å². The molecule has 0 radical (unpaired) electrons. The van der Waals surface area contributed by atoms with E-state index in [1.54, 1.807) is 6.20 Å². The van der Waals surface area contributed by atoms with Crippen LogP contribution in [0.15, 0.2) is 24.4 Å². The summed E-state index contributed by atoms with van der Waals surface area (Å²) in [5.74, 6) is 0.242. The lowest BCUT2D eigenvalue weighted by molar-refractivity contribution is 0.0856. The van der Waals surface area contributed by atoms with Gasteiger partial charge >= 0.3 is 0 Å².